The molecule has 120 valence electrons. The molecule has 25 heavy (non-hydrogen) atoms. The summed E-state index contributed by atoms with van der Waals surface area (Å²) in [5.74, 6) is -0.282. The number of fused-ring (bicyclic) bond motifs is 1. The summed E-state index contributed by atoms with van der Waals surface area (Å²) in [7, 11) is 0. The number of nitriles is 1. The molecule has 0 aliphatic carbocycles. The first-order valence-electron chi connectivity index (χ1n) is 7.62. The van der Waals surface area contributed by atoms with Gasteiger partial charge in [0.1, 0.15) is 17.4 Å². The highest BCUT2D eigenvalue weighted by molar-refractivity contribution is 5.66. The monoisotopic (exact) mass is 329 g/mol. The molecule has 0 unspecified atom stereocenters. The topological polar surface area (TPSA) is 66.0 Å². The third kappa shape index (κ3) is 2.79. The van der Waals surface area contributed by atoms with Crippen LogP contribution in [0.1, 0.15) is 5.56 Å². The van der Waals surface area contributed by atoms with Gasteiger partial charge in [-0.25, -0.2) is 8.91 Å². The van der Waals surface area contributed by atoms with Crippen molar-refractivity contribution in [3.63, 3.8) is 0 Å². The van der Waals surface area contributed by atoms with E-state index in [1.807, 2.05) is 54.7 Å². The van der Waals surface area contributed by atoms with Crippen LogP contribution >= 0.6 is 0 Å². The van der Waals surface area contributed by atoms with E-state index in [9.17, 15) is 4.39 Å². The maximum Gasteiger partial charge on any atom is 0.247 e. The zero-order valence-corrected chi connectivity index (χ0v) is 13.0. The number of hydrogen-bond acceptors (Lipinski definition) is 4. The van der Waals surface area contributed by atoms with Gasteiger partial charge in [0.15, 0.2) is 5.65 Å². The van der Waals surface area contributed by atoms with E-state index in [-0.39, 0.29) is 5.56 Å². The maximum absolute atomic E-state index is 13.7. The van der Waals surface area contributed by atoms with Crippen LogP contribution in [0.25, 0.3) is 16.8 Å². The van der Waals surface area contributed by atoms with Gasteiger partial charge in [0.25, 0.3) is 0 Å². The van der Waals surface area contributed by atoms with Crippen LogP contribution in [0.2, 0.25) is 0 Å². The second-order valence-electron chi connectivity index (χ2n) is 5.42. The van der Waals surface area contributed by atoms with Crippen molar-refractivity contribution in [2.24, 2.45) is 0 Å². The molecule has 4 rings (SSSR count). The van der Waals surface area contributed by atoms with E-state index < -0.39 is 5.82 Å². The number of benzene rings is 2. The second kappa shape index (κ2) is 6.06. The van der Waals surface area contributed by atoms with Crippen LogP contribution in [0.3, 0.4) is 0 Å². The van der Waals surface area contributed by atoms with Gasteiger partial charge in [-0.15, -0.1) is 5.10 Å². The van der Waals surface area contributed by atoms with Crippen molar-refractivity contribution in [2.75, 3.05) is 5.32 Å². The molecule has 0 aliphatic rings. The summed E-state index contributed by atoms with van der Waals surface area (Å²) in [6, 6.07) is 20.0. The maximum atomic E-state index is 13.7. The van der Waals surface area contributed by atoms with Crippen molar-refractivity contribution in [1.29, 1.82) is 5.26 Å². The molecule has 5 nitrogen and oxygen atoms in total. The molecule has 0 saturated carbocycles. The quantitative estimate of drug-likeness (QED) is 0.613. The van der Waals surface area contributed by atoms with Crippen LogP contribution in [0, 0.1) is 17.1 Å². The number of halogens is 1. The average molecular weight is 329 g/mol. The molecule has 0 atom stereocenters. The van der Waals surface area contributed by atoms with Crippen LogP contribution in [-0.2, 0) is 0 Å². The van der Waals surface area contributed by atoms with Gasteiger partial charge < -0.3 is 5.32 Å². The largest absolute Gasteiger partial charge is 0.322 e. The van der Waals surface area contributed by atoms with E-state index in [4.69, 9.17) is 5.26 Å². The van der Waals surface area contributed by atoms with Crippen molar-refractivity contribution in [3.8, 4) is 17.2 Å². The van der Waals surface area contributed by atoms with Crippen LogP contribution in [0.15, 0.2) is 66.9 Å². The summed E-state index contributed by atoms with van der Waals surface area (Å²) in [4.78, 5) is 4.36. The highest BCUT2D eigenvalue weighted by Gasteiger charge is 2.11. The van der Waals surface area contributed by atoms with Crippen molar-refractivity contribution in [1.82, 2.24) is 14.6 Å². The van der Waals surface area contributed by atoms with E-state index in [1.54, 1.807) is 10.6 Å². The molecule has 0 radical (unpaired) electrons. The lowest BCUT2D eigenvalue weighted by Gasteiger charge is -2.04. The average Bonchev–Trinajstić information content (AvgIpc) is 3.04. The predicted octanol–water partition coefficient (Wildman–Crippen LogP) is 4.15. The van der Waals surface area contributed by atoms with E-state index in [0.29, 0.717) is 17.3 Å². The van der Waals surface area contributed by atoms with E-state index in [2.05, 4.69) is 15.4 Å². The second-order valence-corrected chi connectivity index (χ2v) is 5.42. The molecule has 0 saturated heterocycles. The molecular weight excluding hydrogens is 317 g/mol. The first kappa shape index (κ1) is 14.8. The Morgan fingerprint density at radius 3 is 2.60 bits per heavy atom. The Hall–Kier alpha value is -3.72. The van der Waals surface area contributed by atoms with Crippen molar-refractivity contribution >= 4 is 17.3 Å². The Morgan fingerprint density at radius 1 is 0.960 bits per heavy atom. The fraction of sp³-hybridized carbons (Fsp3) is 0. The van der Waals surface area contributed by atoms with Crippen molar-refractivity contribution < 1.29 is 4.39 Å². The number of aromatic nitrogens is 3. The summed E-state index contributed by atoms with van der Waals surface area (Å²) in [6.45, 7) is 0. The molecule has 2 aromatic heterocycles. The lowest BCUT2D eigenvalue weighted by Crippen LogP contribution is -1.98. The Labute approximate surface area is 143 Å². The summed E-state index contributed by atoms with van der Waals surface area (Å²) < 4.78 is 15.3. The summed E-state index contributed by atoms with van der Waals surface area (Å²) in [6.07, 6.45) is 1.87. The minimum Gasteiger partial charge on any atom is -0.322 e. The first-order chi connectivity index (χ1) is 12.2. The molecule has 0 amide bonds. The lowest BCUT2D eigenvalue weighted by atomic mass is 10.1. The molecule has 6 heteroatoms. The van der Waals surface area contributed by atoms with Crippen molar-refractivity contribution in [2.45, 2.75) is 0 Å². The summed E-state index contributed by atoms with van der Waals surface area (Å²) in [5.41, 5.74) is 3.00. The zero-order chi connectivity index (χ0) is 17.2. The number of anilines is 2. The minimum atomic E-state index is -0.581. The predicted molar refractivity (Wildman–Crippen MR) is 92.8 cm³/mol. The molecule has 4 aromatic rings. The number of rotatable bonds is 3. The standard InChI is InChI=1S/C19H12FN5/c20-16-7-4-8-17(15(16)11-21)22-19-23-18-10-9-14(12-25(18)24-19)13-5-2-1-3-6-13/h1-10,12H,(H,22,24). The van der Waals surface area contributed by atoms with E-state index in [1.165, 1.54) is 12.1 Å². The van der Waals surface area contributed by atoms with Gasteiger partial charge in [-0.3, -0.25) is 0 Å². The summed E-state index contributed by atoms with van der Waals surface area (Å²) in [5, 5.41) is 16.4. The van der Waals surface area contributed by atoms with Gasteiger partial charge >= 0.3 is 0 Å². The fourth-order valence-corrected chi connectivity index (χ4v) is 2.60. The Bertz CT molecular complexity index is 1100. The molecule has 1 N–H and O–H groups in total. The number of nitrogens with zero attached hydrogens (tertiary/aromatic N) is 4. The Balaban J connectivity index is 1.71. The van der Waals surface area contributed by atoms with E-state index in [0.717, 1.165) is 11.1 Å². The summed E-state index contributed by atoms with van der Waals surface area (Å²) >= 11 is 0. The SMILES string of the molecule is N#Cc1c(F)cccc1Nc1nc2ccc(-c3ccccc3)cn2n1. The van der Waals surface area contributed by atoms with Gasteiger partial charge in [0, 0.05) is 11.8 Å². The van der Waals surface area contributed by atoms with Crippen LogP contribution in [-0.4, -0.2) is 14.6 Å². The fourth-order valence-electron chi connectivity index (χ4n) is 2.60. The molecule has 0 spiro atoms. The molecule has 0 bridgehead atoms. The van der Waals surface area contributed by atoms with Crippen LogP contribution in [0.4, 0.5) is 16.0 Å². The number of pyridine rings is 1. The molecule has 2 heterocycles. The van der Waals surface area contributed by atoms with Gasteiger partial charge in [-0.1, -0.05) is 36.4 Å². The molecule has 0 fully saturated rings. The van der Waals surface area contributed by atoms with E-state index >= 15 is 0 Å². The zero-order valence-electron chi connectivity index (χ0n) is 13.0. The molecular formula is C19H12FN5. The normalized spacial score (nSPS) is 10.6. The van der Waals surface area contributed by atoms with Crippen molar-refractivity contribution in [3.05, 3.63) is 78.2 Å². The third-order valence-corrected chi connectivity index (χ3v) is 3.81. The highest BCUT2D eigenvalue weighted by Crippen LogP contribution is 2.23. The Kier molecular flexibility index (Phi) is 3.60. The van der Waals surface area contributed by atoms with Crippen LogP contribution in [0.5, 0.6) is 0 Å². The molecule has 2 aromatic carbocycles. The first-order valence-corrected chi connectivity index (χ1v) is 7.62. The van der Waals surface area contributed by atoms with Gasteiger partial charge in [0.05, 0.1) is 5.69 Å². The van der Waals surface area contributed by atoms with Crippen LogP contribution < -0.4 is 5.32 Å². The van der Waals surface area contributed by atoms with Gasteiger partial charge in [-0.2, -0.15) is 10.2 Å². The minimum absolute atomic E-state index is 0.0636. The van der Waals surface area contributed by atoms with Gasteiger partial charge in [0.2, 0.25) is 5.95 Å². The number of nitrogens with one attached hydrogen (secondary N) is 1. The highest BCUT2D eigenvalue weighted by atomic mass is 19.1. The molecule has 0 aliphatic heterocycles. The Morgan fingerprint density at radius 2 is 1.80 bits per heavy atom. The number of hydrogen-bond donors (Lipinski definition) is 1. The lowest BCUT2D eigenvalue weighted by molar-refractivity contribution is 0.624. The smallest absolute Gasteiger partial charge is 0.247 e. The third-order valence-electron chi connectivity index (χ3n) is 3.81. The van der Waals surface area contributed by atoms with Gasteiger partial charge in [-0.05, 0) is 29.8 Å².